The molecule has 0 unspecified atom stereocenters. The van der Waals surface area contributed by atoms with Gasteiger partial charge in [0.05, 0.1) is 5.69 Å². The highest BCUT2D eigenvalue weighted by molar-refractivity contribution is 5.57. The maximum Gasteiger partial charge on any atom is 0.186 e. The molecular weight excluding hydrogens is 243 g/mol. The van der Waals surface area contributed by atoms with E-state index in [0.717, 1.165) is 12.0 Å². The summed E-state index contributed by atoms with van der Waals surface area (Å²) in [6.07, 6.45) is 2.53. The fraction of sp³-hybridized carbons (Fsp3) is 0.357. The molecule has 0 radical (unpaired) electrons. The lowest BCUT2D eigenvalue weighted by atomic mass is 10.1. The fourth-order valence-electron chi connectivity index (χ4n) is 1.87. The van der Waals surface area contributed by atoms with Crippen LogP contribution in [0.3, 0.4) is 0 Å². The van der Waals surface area contributed by atoms with Crippen LogP contribution >= 0.6 is 0 Å². The normalized spacial score (nSPS) is 10.5. The molecule has 0 bridgehead atoms. The van der Waals surface area contributed by atoms with Crippen molar-refractivity contribution in [3.8, 4) is 11.5 Å². The van der Waals surface area contributed by atoms with Gasteiger partial charge >= 0.3 is 0 Å². The third-order valence-corrected chi connectivity index (χ3v) is 2.85. The van der Waals surface area contributed by atoms with Crippen molar-refractivity contribution in [2.75, 3.05) is 11.9 Å². The lowest BCUT2D eigenvalue weighted by Gasteiger charge is -2.10. The second-order valence-corrected chi connectivity index (χ2v) is 4.19. The number of halogens is 1. The van der Waals surface area contributed by atoms with Crippen LogP contribution in [0.15, 0.2) is 18.3 Å². The molecule has 0 saturated carbocycles. The van der Waals surface area contributed by atoms with Crippen LogP contribution in [-0.4, -0.2) is 21.5 Å². The summed E-state index contributed by atoms with van der Waals surface area (Å²) in [6, 6.07) is 3.86. The van der Waals surface area contributed by atoms with Crippen molar-refractivity contribution in [1.29, 1.82) is 0 Å². The Kier molecular flexibility index (Phi) is 4.04. The molecule has 1 N–H and O–H groups in total. The highest BCUT2D eigenvalue weighted by Gasteiger charge is 2.14. The highest BCUT2D eigenvalue weighted by Crippen LogP contribution is 2.22. The Labute approximate surface area is 112 Å². The Morgan fingerprint density at radius 1 is 1.26 bits per heavy atom. The zero-order chi connectivity index (χ0) is 13.8. The van der Waals surface area contributed by atoms with Crippen molar-refractivity contribution in [1.82, 2.24) is 15.0 Å². The predicted octanol–water partition coefficient (Wildman–Crippen LogP) is 2.98. The third-order valence-electron chi connectivity index (χ3n) is 2.85. The number of rotatable bonds is 4. The molecule has 100 valence electrons. The van der Waals surface area contributed by atoms with Crippen LogP contribution < -0.4 is 5.32 Å². The van der Waals surface area contributed by atoms with Crippen LogP contribution in [0.1, 0.15) is 25.1 Å². The molecule has 0 atom stereocenters. The largest absolute Gasteiger partial charge is 0.368 e. The Morgan fingerprint density at radius 2 is 2.05 bits per heavy atom. The number of pyridine rings is 1. The van der Waals surface area contributed by atoms with E-state index in [1.165, 1.54) is 0 Å². The average Bonchev–Trinajstić information content (AvgIpc) is 2.43. The monoisotopic (exact) mass is 260 g/mol. The smallest absolute Gasteiger partial charge is 0.186 e. The first-order chi connectivity index (χ1) is 9.17. The number of hydrogen-bond donors (Lipinski definition) is 1. The summed E-state index contributed by atoms with van der Waals surface area (Å²) in [5, 5.41) is 2.91. The minimum atomic E-state index is -0.403. The van der Waals surface area contributed by atoms with Gasteiger partial charge in [-0.05, 0) is 31.9 Å². The van der Waals surface area contributed by atoms with E-state index in [1.54, 1.807) is 13.1 Å². The molecular formula is C14H17FN4. The van der Waals surface area contributed by atoms with Crippen molar-refractivity contribution >= 4 is 5.82 Å². The Morgan fingerprint density at radius 3 is 2.74 bits per heavy atom. The molecule has 2 heterocycles. The SMILES string of the molecule is CCNc1nc(-c2ncccc2CC)nc(C)c1F. The highest BCUT2D eigenvalue weighted by atomic mass is 19.1. The minimum Gasteiger partial charge on any atom is -0.368 e. The first kappa shape index (κ1) is 13.4. The molecule has 2 aromatic heterocycles. The van der Waals surface area contributed by atoms with Gasteiger partial charge in [0.1, 0.15) is 5.69 Å². The molecule has 0 aliphatic carbocycles. The van der Waals surface area contributed by atoms with Crippen molar-refractivity contribution in [3.63, 3.8) is 0 Å². The van der Waals surface area contributed by atoms with Gasteiger partial charge in [0, 0.05) is 12.7 Å². The topological polar surface area (TPSA) is 50.7 Å². The molecule has 2 aromatic rings. The van der Waals surface area contributed by atoms with Crippen LogP contribution in [0.25, 0.3) is 11.5 Å². The van der Waals surface area contributed by atoms with Crippen LogP contribution in [0.5, 0.6) is 0 Å². The van der Waals surface area contributed by atoms with Gasteiger partial charge in [-0.3, -0.25) is 4.98 Å². The fourth-order valence-corrected chi connectivity index (χ4v) is 1.87. The van der Waals surface area contributed by atoms with E-state index in [0.29, 0.717) is 23.8 Å². The minimum absolute atomic E-state index is 0.234. The summed E-state index contributed by atoms with van der Waals surface area (Å²) in [5.41, 5.74) is 2.09. The molecule has 2 rings (SSSR count). The number of hydrogen-bond acceptors (Lipinski definition) is 4. The summed E-state index contributed by atoms with van der Waals surface area (Å²) >= 11 is 0. The van der Waals surface area contributed by atoms with Crippen LogP contribution in [-0.2, 0) is 6.42 Å². The molecule has 5 heteroatoms. The second-order valence-electron chi connectivity index (χ2n) is 4.19. The van der Waals surface area contributed by atoms with Gasteiger partial charge in [-0.2, -0.15) is 0 Å². The van der Waals surface area contributed by atoms with Crippen LogP contribution in [0.2, 0.25) is 0 Å². The Hall–Kier alpha value is -2.04. The molecule has 4 nitrogen and oxygen atoms in total. The number of anilines is 1. The standard InChI is InChI=1S/C14H17FN4/c1-4-10-7-6-8-17-12(10)14-18-9(3)11(15)13(19-14)16-5-2/h6-8H,4-5H2,1-3H3,(H,16,18,19). The van der Waals surface area contributed by atoms with Gasteiger partial charge in [-0.25, -0.2) is 14.4 Å². The van der Waals surface area contributed by atoms with Gasteiger partial charge in [-0.1, -0.05) is 13.0 Å². The van der Waals surface area contributed by atoms with Gasteiger partial charge in [0.2, 0.25) is 0 Å². The maximum absolute atomic E-state index is 13.9. The quantitative estimate of drug-likeness (QED) is 0.918. The lowest BCUT2D eigenvalue weighted by molar-refractivity contribution is 0.606. The zero-order valence-corrected chi connectivity index (χ0v) is 11.4. The van der Waals surface area contributed by atoms with Crippen LogP contribution in [0, 0.1) is 12.7 Å². The summed E-state index contributed by atoms with van der Waals surface area (Å²) < 4.78 is 13.9. The summed E-state index contributed by atoms with van der Waals surface area (Å²) in [6.45, 7) is 6.18. The van der Waals surface area contributed by atoms with Crippen LogP contribution in [0.4, 0.5) is 10.2 Å². The predicted molar refractivity (Wildman–Crippen MR) is 73.5 cm³/mol. The first-order valence-corrected chi connectivity index (χ1v) is 6.39. The van der Waals surface area contributed by atoms with Gasteiger partial charge < -0.3 is 5.32 Å². The third kappa shape index (κ3) is 2.70. The molecule has 0 amide bonds. The molecule has 0 spiro atoms. The van der Waals surface area contributed by atoms with E-state index in [4.69, 9.17) is 0 Å². The van der Waals surface area contributed by atoms with Crippen molar-refractivity contribution in [2.24, 2.45) is 0 Å². The molecule has 0 aliphatic rings. The average molecular weight is 260 g/mol. The van der Waals surface area contributed by atoms with Gasteiger partial charge in [-0.15, -0.1) is 0 Å². The van der Waals surface area contributed by atoms with Crippen molar-refractivity contribution in [3.05, 3.63) is 35.4 Å². The molecule has 0 saturated heterocycles. The van der Waals surface area contributed by atoms with E-state index in [1.807, 2.05) is 26.0 Å². The molecule has 0 fully saturated rings. The second kappa shape index (κ2) is 5.73. The van der Waals surface area contributed by atoms with E-state index >= 15 is 0 Å². The molecule has 19 heavy (non-hydrogen) atoms. The van der Waals surface area contributed by atoms with E-state index in [9.17, 15) is 4.39 Å². The number of aryl methyl sites for hydroxylation is 2. The molecule has 0 aromatic carbocycles. The number of aromatic nitrogens is 3. The number of nitrogens with zero attached hydrogens (tertiary/aromatic N) is 3. The van der Waals surface area contributed by atoms with E-state index in [2.05, 4.69) is 20.3 Å². The van der Waals surface area contributed by atoms with E-state index < -0.39 is 5.82 Å². The van der Waals surface area contributed by atoms with E-state index in [-0.39, 0.29) is 5.82 Å². The Bertz CT molecular complexity index is 584. The summed E-state index contributed by atoms with van der Waals surface area (Å²) in [4.78, 5) is 12.8. The zero-order valence-electron chi connectivity index (χ0n) is 11.4. The van der Waals surface area contributed by atoms with Gasteiger partial charge in [0.25, 0.3) is 0 Å². The number of nitrogens with one attached hydrogen (secondary N) is 1. The maximum atomic E-state index is 13.9. The summed E-state index contributed by atoms with van der Waals surface area (Å²) in [5.74, 6) is 0.296. The first-order valence-electron chi connectivity index (χ1n) is 6.39. The van der Waals surface area contributed by atoms with Crippen molar-refractivity contribution in [2.45, 2.75) is 27.2 Å². The molecule has 0 aliphatic heterocycles. The Balaban J connectivity index is 2.56. The van der Waals surface area contributed by atoms with Crippen molar-refractivity contribution < 1.29 is 4.39 Å². The summed E-state index contributed by atoms with van der Waals surface area (Å²) in [7, 11) is 0. The van der Waals surface area contributed by atoms with Gasteiger partial charge in [0.15, 0.2) is 17.5 Å². The lowest BCUT2D eigenvalue weighted by Crippen LogP contribution is -2.08.